The average Bonchev–Trinajstić information content (AvgIpc) is 3.55. The summed E-state index contributed by atoms with van der Waals surface area (Å²) in [4.78, 5) is 27.9. The predicted molar refractivity (Wildman–Crippen MR) is 117 cm³/mol. The van der Waals surface area contributed by atoms with Gasteiger partial charge >= 0.3 is 12.1 Å². The second-order valence-electron chi connectivity index (χ2n) is 7.91. The monoisotopic (exact) mass is 454 g/mol. The summed E-state index contributed by atoms with van der Waals surface area (Å²) in [7, 11) is 0. The smallest absolute Gasteiger partial charge is 0.414 e. The molecular formula is C23H23FN4O5. The number of nitrogens with one attached hydrogen (secondary N) is 2. The fourth-order valence-electron chi connectivity index (χ4n) is 3.40. The molecule has 2 atom stereocenters. The predicted octanol–water partition coefficient (Wildman–Crippen LogP) is 4.85. The van der Waals surface area contributed by atoms with Crippen LogP contribution >= 0.6 is 0 Å². The van der Waals surface area contributed by atoms with E-state index in [1.807, 2.05) is 30.3 Å². The van der Waals surface area contributed by atoms with E-state index in [4.69, 9.17) is 9.26 Å². The van der Waals surface area contributed by atoms with Gasteiger partial charge in [0.25, 0.3) is 5.95 Å². The molecule has 0 bridgehead atoms. The Morgan fingerprint density at radius 3 is 2.64 bits per heavy atom. The van der Waals surface area contributed by atoms with Gasteiger partial charge in [0.2, 0.25) is 5.88 Å². The van der Waals surface area contributed by atoms with E-state index >= 15 is 0 Å². The number of halogens is 1. The maximum absolute atomic E-state index is 14.3. The fourth-order valence-corrected chi connectivity index (χ4v) is 3.40. The number of rotatable bonds is 9. The van der Waals surface area contributed by atoms with E-state index in [1.54, 1.807) is 6.92 Å². The molecule has 172 valence electrons. The van der Waals surface area contributed by atoms with E-state index in [9.17, 15) is 19.1 Å². The molecule has 0 aliphatic heterocycles. The third-order valence-electron chi connectivity index (χ3n) is 5.36. The van der Waals surface area contributed by atoms with Gasteiger partial charge < -0.3 is 19.7 Å². The fraction of sp³-hybridized carbons (Fsp3) is 0.304. The van der Waals surface area contributed by atoms with Gasteiger partial charge in [-0.2, -0.15) is 4.39 Å². The lowest BCUT2D eigenvalue weighted by atomic mass is 10.1. The van der Waals surface area contributed by atoms with Crippen molar-refractivity contribution in [2.24, 2.45) is 5.92 Å². The first kappa shape index (κ1) is 22.3. The third-order valence-corrected chi connectivity index (χ3v) is 5.36. The molecule has 2 unspecified atom stereocenters. The van der Waals surface area contributed by atoms with Crippen LogP contribution in [0.15, 0.2) is 53.2 Å². The van der Waals surface area contributed by atoms with Crippen molar-refractivity contribution in [1.29, 1.82) is 0 Å². The number of carboxylic acids is 1. The Bertz CT molecular complexity index is 1120. The number of hydrogen-bond donors (Lipinski definition) is 3. The Hall–Kier alpha value is -3.95. The molecule has 1 aromatic carbocycles. The van der Waals surface area contributed by atoms with Crippen molar-refractivity contribution in [3.8, 4) is 11.1 Å². The van der Waals surface area contributed by atoms with Gasteiger partial charge in [0, 0.05) is 11.8 Å². The molecule has 0 saturated heterocycles. The minimum absolute atomic E-state index is 0.0915. The molecule has 10 heteroatoms. The van der Waals surface area contributed by atoms with Gasteiger partial charge in [-0.15, -0.1) is 0 Å². The van der Waals surface area contributed by atoms with Crippen LogP contribution in [-0.4, -0.2) is 33.4 Å². The molecule has 1 aliphatic rings. The van der Waals surface area contributed by atoms with Gasteiger partial charge in [-0.25, -0.2) is 14.6 Å². The van der Waals surface area contributed by atoms with Crippen LogP contribution in [0.25, 0.3) is 11.1 Å². The Balaban J connectivity index is 1.43. The highest BCUT2D eigenvalue weighted by atomic mass is 19.1. The third kappa shape index (κ3) is 5.65. The molecule has 1 aliphatic carbocycles. The van der Waals surface area contributed by atoms with Gasteiger partial charge in [0.1, 0.15) is 23.5 Å². The van der Waals surface area contributed by atoms with Crippen molar-refractivity contribution in [2.75, 3.05) is 10.6 Å². The van der Waals surface area contributed by atoms with Crippen molar-refractivity contribution in [3.05, 3.63) is 60.2 Å². The van der Waals surface area contributed by atoms with E-state index in [2.05, 4.69) is 20.8 Å². The largest absolute Gasteiger partial charge is 0.480 e. The first-order valence-corrected chi connectivity index (χ1v) is 10.5. The molecule has 2 heterocycles. The van der Waals surface area contributed by atoms with Crippen LogP contribution in [0.5, 0.6) is 0 Å². The zero-order chi connectivity index (χ0) is 23.4. The van der Waals surface area contributed by atoms with Gasteiger partial charge in [-0.1, -0.05) is 43.2 Å². The molecule has 3 aromatic rings. The number of carbonyl (C=O) groups excluding carboxylic acids is 1. The summed E-state index contributed by atoms with van der Waals surface area (Å²) in [6, 6.07) is 11.5. The topological polar surface area (TPSA) is 127 Å². The summed E-state index contributed by atoms with van der Waals surface area (Å²) >= 11 is 0. The molecule has 1 fully saturated rings. The molecule has 1 saturated carbocycles. The number of aromatic nitrogens is 2. The van der Waals surface area contributed by atoms with Crippen LogP contribution in [-0.2, 0) is 9.53 Å². The average molecular weight is 454 g/mol. The van der Waals surface area contributed by atoms with Crippen LogP contribution in [0.4, 0.5) is 20.9 Å². The first-order valence-electron chi connectivity index (χ1n) is 10.5. The number of nitrogens with zero attached hydrogens (tertiary/aromatic N) is 2. The second-order valence-corrected chi connectivity index (χ2v) is 7.91. The lowest BCUT2D eigenvalue weighted by molar-refractivity contribution is -0.138. The van der Waals surface area contributed by atoms with Gasteiger partial charge in [0.05, 0.1) is 0 Å². The number of anilines is 2. The number of benzene rings is 1. The summed E-state index contributed by atoms with van der Waals surface area (Å²) in [5.74, 6) is -1.35. The van der Waals surface area contributed by atoms with Crippen molar-refractivity contribution < 1.29 is 28.3 Å². The number of carbonyl (C=O) groups is 2. The van der Waals surface area contributed by atoms with Crippen LogP contribution in [0, 0.1) is 11.9 Å². The van der Waals surface area contributed by atoms with E-state index < -0.39 is 30.2 Å². The Labute approximate surface area is 189 Å². The second kappa shape index (κ2) is 9.68. The molecule has 33 heavy (non-hydrogen) atoms. The normalized spacial score (nSPS) is 14.8. The standard InChI is InChI=1S/C23H23FN4O5/c1-13(15-5-3-2-4-6-15)32-23(31)27-21-19(20(24)28-33-21)16-9-10-18(25-12-16)26-17(22(29)30)11-14-7-8-14/h2-6,9-10,12-14,17H,7-8,11H2,1H3,(H,25,26)(H,27,31)(H,29,30). The molecule has 3 N–H and O–H groups in total. The lowest BCUT2D eigenvalue weighted by Crippen LogP contribution is -2.30. The SMILES string of the molecule is CC(OC(=O)Nc1onc(F)c1-c1ccc(NC(CC2CC2)C(=O)O)nc1)c1ccccc1. The minimum atomic E-state index is -0.951. The maximum atomic E-state index is 14.3. The maximum Gasteiger partial charge on any atom is 0.414 e. The molecule has 2 aromatic heterocycles. The Kier molecular flexibility index (Phi) is 6.53. The van der Waals surface area contributed by atoms with E-state index in [0.29, 0.717) is 23.7 Å². The van der Waals surface area contributed by atoms with E-state index in [1.165, 1.54) is 18.3 Å². The number of ether oxygens (including phenoxy) is 1. The summed E-state index contributed by atoms with van der Waals surface area (Å²) in [5, 5.41) is 17.9. The zero-order valence-corrected chi connectivity index (χ0v) is 17.8. The summed E-state index contributed by atoms with van der Waals surface area (Å²) < 4.78 is 24.6. The summed E-state index contributed by atoms with van der Waals surface area (Å²) in [5.41, 5.74) is 0.996. The number of pyridine rings is 1. The van der Waals surface area contributed by atoms with Crippen molar-refractivity contribution in [2.45, 2.75) is 38.3 Å². The molecule has 0 radical (unpaired) electrons. The minimum Gasteiger partial charge on any atom is -0.480 e. The van der Waals surface area contributed by atoms with Crippen LogP contribution in [0.2, 0.25) is 0 Å². The van der Waals surface area contributed by atoms with E-state index in [0.717, 1.165) is 18.4 Å². The Morgan fingerprint density at radius 2 is 2.00 bits per heavy atom. The molecular weight excluding hydrogens is 431 g/mol. The highest BCUT2D eigenvalue weighted by molar-refractivity contribution is 5.89. The zero-order valence-electron chi connectivity index (χ0n) is 17.8. The number of hydrogen-bond acceptors (Lipinski definition) is 7. The first-order chi connectivity index (χ1) is 15.9. The van der Waals surface area contributed by atoms with Crippen LogP contribution < -0.4 is 10.6 Å². The van der Waals surface area contributed by atoms with Gasteiger partial charge in [0.15, 0.2) is 0 Å². The number of amides is 1. The quantitative estimate of drug-likeness (QED) is 0.419. The highest BCUT2D eigenvalue weighted by Gasteiger charge is 2.29. The van der Waals surface area contributed by atoms with Crippen LogP contribution in [0.1, 0.15) is 37.9 Å². The van der Waals surface area contributed by atoms with Gasteiger partial charge in [-0.05, 0) is 42.1 Å². The molecule has 0 spiro atoms. The van der Waals surface area contributed by atoms with E-state index in [-0.39, 0.29) is 11.4 Å². The highest BCUT2D eigenvalue weighted by Crippen LogP contribution is 2.35. The molecule has 9 nitrogen and oxygen atoms in total. The number of aliphatic carboxylic acids is 1. The number of carboxylic acid groups (broad SMARTS) is 1. The van der Waals surface area contributed by atoms with Gasteiger partial charge in [-0.3, -0.25) is 5.32 Å². The van der Waals surface area contributed by atoms with Crippen LogP contribution in [0.3, 0.4) is 0 Å². The summed E-state index contributed by atoms with van der Waals surface area (Å²) in [6.07, 6.45) is 2.57. The van der Waals surface area contributed by atoms with Crippen molar-refractivity contribution >= 4 is 23.8 Å². The molecule has 1 amide bonds. The lowest BCUT2D eigenvalue weighted by Gasteiger charge is -2.15. The Morgan fingerprint density at radius 1 is 1.24 bits per heavy atom. The molecule has 4 rings (SSSR count). The van der Waals surface area contributed by atoms with Crippen molar-refractivity contribution in [3.63, 3.8) is 0 Å². The van der Waals surface area contributed by atoms with Crippen molar-refractivity contribution in [1.82, 2.24) is 10.1 Å². The summed E-state index contributed by atoms with van der Waals surface area (Å²) in [6.45, 7) is 1.71.